The van der Waals surface area contributed by atoms with Gasteiger partial charge in [0, 0.05) is 68.8 Å². The maximum Gasteiger partial charge on any atom is 1.00 e. The Labute approximate surface area is 889 Å². The molecule has 0 aliphatic carbocycles. The SMILES string of the molecule is CSCCS(=O)(=O)[O-].CSCCS(=O)(=O)[O-].CSCCS(=O)(=O)[O-].CSCC[S-](=O)=O.CSCC[S-](=O)=O.CSCC[S-](=O)=O.CSc1ccc(O)cc1.CSc1ccc(O)cc1.CSc1ccc(O)cc1.CSc1ccc(O)cc1.CSc1ccc(O)cc1.CSc1ccc(O)cc1.CSc1ccc(O)cc1.[Na+].[Na+].[Na+].[Na+].[Na+].[Na+].[OH-].[OH-].[OH-]. The molecule has 0 aliphatic heterocycles. The van der Waals surface area contributed by atoms with Crippen molar-refractivity contribution in [2.45, 2.75) is 34.3 Å². The first-order chi connectivity index (χ1) is 50.8. The summed E-state index contributed by atoms with van der Waals surface area (Å²) < 4.78 is 147. The van der Waals surface area contributed by atoms with Crippen LogP contribution in [0.4, 0.5) is 0 Å². The summed E-state index contributed by atoms with van der Waals surface area (Å²) in [5, 5.41) is 61.9. The maximum absolute atomic E-state index is 9.82. The van der Waals surface area contributed by atoms with Gasteiger partial charge in [0.2, 0.25) is 0 Å². The quantitative estimate of drug-likeness (QED) is 0.0140. The molecule has 0 saturated heterocycles. The summed E-state index contributed by atoms with van der Waals surface area (Å²) in [4.78, 5) is 8.22. The molecule has 0 amide bonds. The average Bonchev–Trinajstić information content (AvgIpc) is 0.960. The summed E-state index contributed by atoms with van der Waals surface area (Å²) in [6.45, 7) is 0. The Morgan fingerprint density at radius 1 is 0.231 bits per heavy atom. The van der Waals surface area contributed by atoms with Gasteiger partial charge in [-0.2, -0.15) is 70.6 Å². The fraction of sp³-hybridized carbons (Fsp3) is 0.373. The van der Waals surface area contributed by atoms with Gasteiger partial charge in [-0.1, -0.05) is 49.4 Å². The number of thioether (sulfide) groups is 13. The van der Waals surface area contributed by atoms with Crippen LogP contribution >= 0.6 is 153 Å². The van der Waals surface area contributed by atoms with E-state index in [1.54, 1.807) is 186 Å². The van der Waals surface area contributed by atoms with E-state index in [1.165, 1.54) is 105 Å². The molecular weight excluding hydrogens is 1950 g/mol. The van der Waals surface area contributed by atoms with Crippen molar-refractivity contribution in [3.63, 3.8) is 0 Å². The Morgan fingerprint density at radius 2 is 0.333 bits per heavy atom. The van der Waals surface area contributed by atoms with Gasteiger partial charge in [-0.25, -0.2) is 25.3 Å². The third kappa shape index (κ3) is 125. The zero-order valence-electron chi connectivity index (χ0n) is 69.0. The number of hydrogen-bond acceptors (Lipinski definition) is 41. The van der Waals surface area contributed by atoms with Crippen LogP contribution in [0, 0.1) is 0 Å². The van der Waals surface area contributed by atoms with Crippen LogP contribution in [0.2, 0.25) is 0 Å². The first-order valence-electron chi connectivity index (χ1n) is 30.0. The number of rotatable bonds is 25. The standard InChI is InChI=1S/7C7H8OS.3C3H8O3S2.3C3H7O2S2.6Na.3H2O/c7*1-9-7-4-2-6(8)3-5-7;3*1-7-2-3-8(4,5)6;3*1-6-2-3-7(4)5;;;;;;;;;/h7*2-5,8H,1H3;3*2-3H2,1H3,(H,4,5,6);3*2-3H2,1H3;;;;;;;3*1H2/q;;;;;;;;;;3*-1;6*+1;;;/p-6. The molecule has 10 N–H and O–H groups in total. The van der Waals surface area contributed by atoms with Crippen LogP contribution < -0.4 is 177 Å². The van der Waals surface area contributed by atoms with Crippen LogP contribution in [0.5, 0.6) is 40.2 Å². The Kier molecular flexibility index (Phi) is 140. The molecular formula is C67H101Na6O25S19-3. The summed E-state index contributed by atoms with van der Waals surface area (Å²) in [5.41, 5.74) is 0. The first kappa shape index (κ1) is 154. The van der Waals surface area contributed by atoms with Crippen molar-refractivity contribution >= 4 is 215 Å². The monoisotopic (exact) mass is 2050 g/mol. The van der Waals surface area contributed by atoms with E-state index in [2.05, 4.69) is 0 Å². The summed E-state index contributed by atoms with van der Waals surface area (Å²) in [7, 11) is -17.4. The number of hydrogen-bond donors (Lipinski definition) is 7. The minimum atomic E-state index is -3.96. The molecule has 0 heterocycles. The molecule has 0 unspecified atom stereocenters. The predicted molar refractivity (Wildman–Crippen MR) is 480 cm³/mol. The van der Waals surface area contributed by atoms with Crippen molar-refractivity contribution in [2.75, 3.05) is 150 Å². The second-order valence-corrected chi connectivity index (χ2v) is 38.3. The van der Waals surface area contributed by atoms with E-state index in [4.69, 9.17) is 35.7 Å². The number of phenols is 7. The third-order valence-corrected chi connectivity index (χ3v) is 24.6. The summed E-state index contributed by atoms with van der Waals surface area (Å²) in [6, 6.07) is 50.1. The molecule has 7 aromatic rings. The van der Waals surface area contributed by atoms with Gasteiger partial charge in [0.1, 0.15) is 40.2 Å². The summed E-state index contributed by atoms with van der Waals surface area (Å²) in [6.07, 6.45) is 25.0. The normalized spacial score (nSPS) is 9.29. The van der Waals surface area contributed by atoms with Gasteiger partial charge in [0.15, 0.2) is 0 Å². The van der Waals surface area contributed by atoms with E-state index in [1.807, 2.05) is 147 Å². The van der Waals surface area contributed by atoms with Gasteiger partial charge in [0.05, 0.1) is 30.4 Å². The van der Waals surface area contributed by atoms with E-state index in [0.717, 1.165) is 0 Å². The van der Waals surface area contributed by atoms with Gasteiger partial charge < -0.3 is 91.1 Å². The Hall–Kier alpha value is 3.15. The largest absolute Gasteiger partial charge is 1.00 e. The third-order valence-electron chi connectivity index (χ3n) is 10.5. The van der Waals surface area contributed by atoms with Crippen molar-refractivity contribution in [3.05, 3.63) is 170 Å². The van der Waals surface area contributed by atoms with Crippen molar-refractivity contribution in [1.82, 2.24) is 0 Å². The second-order valence-electron chi connectivity index (χ2n) is 18.7. The van der Waals surface area contributed by atoms with Gasteiger partial charge in [-0.15, -0.1) is 82.3 Å². The molecule has 25 nitrogen and oxygen atoms in total. The molecule has 50 heteroatoms. The van der Waals surface area contributed by atoms with Crippen LogP contribution in [0.25, 0.3) is 0 Å². The molecule has 0 saturated carbocycles. The topological polar surface area (TPSA) is 506 Å². The molecule has 117 heavy (non-hydrogen) atoms. The molecule has 7 rings (SSSR count). The molecule has 642 valence electrons. The van der Waals surface area contributed by atoms with E-state index < -0.39 is 62.5 Å². The minimum Gasteiger partial charge on any atom is -0.870 e. The van der Waals surface area contributed by atoms with E-state index in [0.29, 0.717) is 74.8 Å². The molecule has 0 bridgehead atoms. The molecule has 0 spiro atoms. The van der Waals surface area contributed by atoms with Crippen LogP contribution in [-0.2, 0) is 87.7 Å². The first-order valence-corrected chi connectivity index (χ1v) is 55.4. The Bertz CT molecular complexity index is 3250. The fourth-order valence-corrected chi connectivity index (χ4v) is 16.0. The molecule has 0 atom stereocenters. The molecule has 0 aliphatic rings. The van der Waals surface area contributed by atoms with Crippen molar-refractivity contribution < 1.29 is 294 Å². The zero-order chi connectivity index (χ0) is 83.8. The average molecular weight is 2050 g/mol. The molecule has 0 fully saturated rings. The second kappa shape index (κ2) is 106. The smallest absolute Gasteiger partial charge is 0.870 e. The van der Waals surface area contributed by atoms with E-state index in [-0.39, 0.29) is 228 Å². The summed E-state index contributed by atoms with van der Waals surface area (Å²) in [5.74, 6) is 5.65. The van der Waals surface area contributed by atoms with Crippen molar-refractivity contribution in [2.24, 2.45) is 0 Å². The van der Waals surface area contributed by atoms with Crippen LogP contribution in [0.3, 0.4) is 0 Å². The van der Waals surface area contributed by atoms with Gasteiger partial charge in [-0.3, -0.25) is 0 Å². The van der Waals surface area contributed by atoms with Crippen LogP contribution in [0.1, 0.15) is 0 Å². The zero-order valence-corrected chi connectivity index (χ0v) is 96.5. The van der Waals surface area contributed by atoms with Crippen molar-refractivity contribution in [3.8, 4) is 40.2 Å². The minimum absolute atomic E-state index is 0. The predicted octanol–water partition coefficient (Wildman–Crippen LogP) is -2.05. The fourth-order valence-electron chi connectivity index (χ4n) is 5.09. The van der Waals surface area contributed by atoms with E-state index in [9.17, 15) is 64.2 Å². The number of benzene rings is 7. The van der Waals surface area contributed by atoms with Crippen LogP contribution in [0.15, 0.2) is 204 Å². The van der Waals surface area contributed by atoms with Gasteiger partial charge in [0.25, 0.3) is 0 Å². The Morgan fingerprint density at radius 3 is 0.385 bits per heavy atom. The Balaban J connectivity index is -0.0000000737. The molecule has 0 aromatic heterocycles. The molecule has 7 aromatic carbocycles. The number of phenolic OH excluding ortho intramolecular Hbond substituents is 7. The maximum atomic E-state index is 9.82. The van der Waals surface area contributed by atoms with Crippen molar-refractivity contribution in [1.29, 1.82) is 0 Å². The van der Waals surface area contributed by atoms with Gasteiger partial charge >= 0.3 is 177 Å². The molecule has 0 radical (unpaired) electrons. The van der Waals surface area contributed by atoms with Crippen LogP contribution in [-0.4, -0.2) is 241 Å². The summed E-state index contributed by atoms with van der Waals surface area (Å²) >= 11 is 20.3. The van der Waals surface area contributed by atoms with Gasteiger partial charge in [-0.05, 0) is 268 Å². The number of aromatic hydroxyl groups is 7. The van der Waals surface area contributed by atoms with E-state index >= 15 is 0 Å².